The van der Waals surface area contributed by atoms with Crippen molar-refractivity contribution in [3.8, 4) is 0 Å². The molecule has 0 bridgehead atoms. The molecule has 0 radical (unpaired) electrons. The van der Waals surface area contributed by atoms with E-state index in [1.165, 1.54) is 0 Å². The van der Waals surface area contributed by atoms with Crippen LogP contribution >= 0.6 is 0 Å². The average Bonchev–Trinajstić information content (AvgIpc) is 2.67. The van der Waals surface area contributed by atoms with Crippen molar-refractivity contribution in [3.05, 3.63) is 60.2 Å². The average molecular weight is 401 g/mol. The lowest BCUT2D eigenvalue weighted by Gasteiger charge is -2.34. The van der Waals surface area contributed by atoms with Gasteiger partial charge in [0.2, 0.25) is 15.9 Å². The number of sulfonamides is 1. The molecular formula is C22H28N2O3S. The van der Waals surface area contributed by atoms with Gasteiger partial charge in [-0.2, -0.15) is 4.31 Å². The topological polar surface area (TPSA) is 66.5 Å². The number of piperidine rings is 1. The van der Waals surface area contributed by atoms with Crippen LogP contribution < -0.4 is 5.32 Å². The van der Waals surface area contributed by atoms with Gasteiger partial charge in [0.25, 0.3) is 0 Å². The van der Waals surface area contributed by atoms with Crippen molar-refractivity contribution in [2.75, 3.05) is 18.4 Å². The molecule has 6 heteroatoms. The zero-order valence-corrected chi connectivity index (χ0v) is 17.3. The second-order valence-electron chi connectivity index (χ2n) is 7.83. The molecule has 150 valence electrons. The molecule has 2 aromatic rings. The number of amides is 1. The summed E-state index contributed by atoms with van der Waals surface area (Å²) < 4.78 is 27.4. The van der Waals surface area contributed by atoms with Gasteiger partial charge in [-0.3, -0.25) is 4.79 Å². The Kier molecular flexibility index (Phi) is 6.52. The van der Waals surface area contributed by atoms with Crippen LogP contribution in [0.2, 0.25) is 0 Å². The van der Waals surface area contributed by atoms with Crippen molar-refractivity contribution in [1.82, 2.24) is 4.31 Å². The molecule has 0 aliphatic carbocycles. The van der Waals surface area contributed by atoms with Gasteiger partial charge in [0.05, 0.1) is 4.90 Å². The molecule has 0 unspecified atom stereocenters. The van der Waals surface area contributed by atoms with E-state index in [2.05, 4.69) is 19.2 Å². The molecule has 1 heterocycles. The highest BCUT2D eigenvalue weighted by molar-refractivity contribution is 7.89. The number of carbonyl (C=O) groups excluding carboxylic acids is 1. The molecular weight excluding hydrogens is 372 g/mol. The van der Waals surface area contributed by atoms with E-state index in [9.17, 15) is 13.2 Å². The number of aryl methyl sites for hydroxylation is 1. The molecule has 1 N–H and O–H groups in total. The second-order valence-corrected chi connectivity index (χ2v) is 9.76. The third-order valence-corrected chi connectivity index (χ3v) is 6.94. The van der Waals surface area contributed by atoms with Gasteiger partial charge < -0.3 is 5.32 Å². The smallest absolute Gasteiger partial charge is 0.243 e. The van der Waals surface area contributed by atoms with E-state index < -0.39 is 10.0 Å². The predicted octanol–water partition coefficient (Wildman–Crippen LogP) is 3.92. The van der Waals surface area contributed by atoms with Gasteiger partial charge >= 0.3 is 0 Å². The highest BCUT2D eigenvalue weighted by atomic mass is 32.2. The Morgan fingerprint density at radius 3 is 2.21 bits per heavy atom. The number of nitrogens with zero attached hydrogens (tertiary/aromatic N) is 1. The number of hydrogen-bond donors (Lipinski definition) is 1. The SMILES string of the molecule is C[C@H]1C[C@H](C)CN(S(=O)(=O)c2ccc(NC(=O)CCc3ccccc3)cc2)C1. The zero-order chi connectivity index (χ0) is 20.1. The molecule has 2 atom stereocenters. The van der Waals surface area contributed by atoms with Gasteiger partial charge in [0, 0.05) is 25.2 Å². The third kappa shape index (κ3) is 5.20. The summed E-state index contributed by atoms with van der Waals surface area (Å²) >= 11 is 0. The molecule has 0 saturated carbocycles. The van der Waals surface area contributed by atoms with E-state index in [0.29, 0.717) is 43.5 Å². The van der Waals surface area contributed by atoms with Gasteiger partial charge in [0.1, 0.15) is 0 Å². The third-order valence-electron chi connectivity index (χ3n) is 5.09. The van der Waals surface area contributed by atoms with Gasteiger partial charge in [-0.15, -0.1) is 0 Å². The van der Waals surface area contributed by atoms with Crippen LogP contribution in [0.15, 0.2) is 59.5 Å². The summed E-state index contributed by atoms with van der Waals surface area (Å²) in [5.41, 5.74) is 1.72. The minimum absolute atomic E-state index is 0.0851. The fourth-order valence-corrected chi connectivity index (χ4v) is 5.47. The summed E-state index contributed by atoms with van der Waals surface area (Å²) in [6.45, 7) is 5.30. The molecule has 1 aliphatic heterocycles. The Balaban J connectivity index is 1.60. The van der Waals surface area contributed by atoms with Crippen molar-refractivity contribution >= 4 is 21.6 Å². The van der Waals surface area contributed by atoms with E-state index >= 15 is 0 Å². The fraction of sp³-hybridized carbons (Fsp3) is 0.409. The molecule has 5 nitrogen and oxygen atoms in total. The number of rotatable bonds is 6. The molecule has 1 saturated heterocycles. The van der Waals surface area contributed by atoms with Crippen LogP contribution in [0.3, 0.4) is 0 Å². The summed E-state index contributed by atoms with van der Waals surface area (Å²) in [6.07, 6.45) is 2.11. The molecule has 2 aromatic carbocycles. The van der Waals surface area contributed by atoms with Gasteiger partial charge in [0.15, 0.2) is 0 Å². The number of anilines is 1. The van der Waals surface area contributed by atoms with Crippen molar-refractivity contribution in [3.63, 3.8) is 0 Å². The monoisotopic (exact) mass is 400 g/mol. The van der Waals surface area contributed by atoms with Crippen LogP contribution in [0.5, 0.6) is 0 Å². The molecule has 28 heavy (non-hydrogen) atoms. The van der Waals surface area contributed by atoms with E-state index in [4.69, 9.17) is 0 Å². The lowest BCUT2D eigenvalue weighted by Crippen LogP contribution is -2.42. The molecule has 1 amide bonds. The first-order valence-electron chi connectivity index (χ1n) is 9.78. The Hall–Kier alpha value is -2.18. The molecule has 1 fully saturated rings. The van der Waals surface area contributed by atoms with Crippen molar-refractivity contribution in [2.24, 2.45) is 11.8 Å². The van der Waals surface area contributed by atoms with Gasteiger partial charge in [-0.05, 0) is 54.5 Å². The maximum absolute atomic E-state index is 12.9. The zero-order valence-electron chi connectivity index (χ0n) is 16.5. The first-order chi connectivity index (χ1) is 13.3. The predicted molar refractivity (Wildman–Crippen MR) is 112 cm³/mol. The maximum atomic E-state index is 12.9. The largest absolute Gasteiger partial charge is 0.326 e. The lowest BCUT2D eigenvalue weighted by molar-refractivity contribution is -0.116. The van der Waals surface area contributed by atoms with Crippen LogP contribution in [-0.4, -0.2) is 31.7 Å². The molecule has 0 spiro atoms. The Bertz CT molecular complexity index is 885. The highest BCUT2D eigenvalue weighted by Gasteiger charge is 2.31. The highest BCUT2D eigenvalue weighted by Crippen LogP contribution is 2.27. The minimum atomic E-state index is -3.50. The van der Waals surface area contributed by atoms with Crippen LogP contribution in [0.1, 0.15) is 32.3 Å². The number of carbonyl (C=O) groups is 1. The van der Waals surface area contributed by atoms with Gasteiger partial charge in [-0.1, -0.05) is 44.2 Å². The van der Waals surface area contributed by atoms with Crippen LogP contribution in [-0.2, 0) is 21.2 Å². The van der Waals surface area contributed by atoms with E-state index in [0.717, 1.165) is 12.0 Å². The molecule has 1 aliphatic rings. The first kappa shape index (κ1) is 20.6. The lowest BCUT2D eigenvalue weighted by atomic mass is 9.94. The quantitative estimate of drug-likeness (QED) is 0.799. The summed E-state index contributed by atoms with van der Waals surface area (Å²) in [6, 6.07) is 16.3. The maximum Gasteiger partial charge on any atom is 0.243 e. The standard InChI is InChI=1S/C22H28N2O3S/c1-17-14-18(2)16-24(15-17)28(26,27)21-11-9-20(10-12-21)23-22(25)13-8-19-6-4-3-5-7-19/h3-7,9-12,17-18H,8,13-16H2,1-2H3,(H,23,25)/t17-,18-/m0/s1. The van der Waals surface area contributed by atoms with Crippen molar-refractivity contribution in [1.29, 1.82) is 0 Å². The Morgan fingerprint density at radius 2 is 1.61 bits per heavy atom. The second kappa shape index (κ2) is 8.88. The van der Waals surface area contributed by atoms with Crippen LogP contribution in [0.4, 0.5) is 5.69 Å². The Morgan fingerprint density at radius 1 is 1.00 bits per heavy atom. The van der Waals surface area contributed by atoms with Crippen LogP contribution in [0.25, 0.3) is 0 Å². The van der Waals surface area contributed by atoms with Crippen LogP contribution in [0, 0.1) is 11.8 Å². The van der Waals surface area contributed by atoms with E-state index in [1.54, 1.807) is 28.6 Å². The van der Waals surface area contributed by atoms with Crippen molar-refractivity contribution < 1.29 is 13.2 Å². The van der Waals surface area contributed by atoms with Crippen molar-refractivity contribution in [2.45, 2.75) is 38.0 Å². The number of benzene rings is 2. The summed E-state index contributed by atoms with van der Waals surface area (Å²) in [5.74, 6) is 0.640. The summed E-state index contributed by atoms with van der Waals surface area (Å²) in [4.78, 5) is 12.4. The number of nitrogens with one attached hydrogen (secondary N) is 1. The van der Waals surface area contributed by atoms with E-state index in [1.807, 2.05) is 30.3 Å². The fourth-order valence-electron chi connectivity index (χ4n) is 3.79. The summed E-state index contributed by atoms with van der Waals surface area (Å²) in [7, 11) is -3.50. The van der Waals surface area contributed by atoms with E-state index in [-0.39, 0.29) is 10.8 Å². The normalized spacial score (nSPS) is 20.6. The Labute approximate surface area is 167 Å². The molecule has 3 rings (SSSR count). The van der Waals surface area contributed by atoms with Gasteiger partial charge in [-0.25, -0.2) is 8.42 Å². The first-order valence-corrected chi connectivity index (χ1v) is 11.2. The summed E-state index contributed by atoms with van der Waals surface area (Å²) in [5, 5.41) is 2.84. The molecule has 0 aromatic heterocycles. The minimum Gasteiger partial charge on any atom is -0.326 e. The number of hydrogen-bond acceptors (Lipinski definition) is 3.